The quantitative estimate of drug-likeness (QED) is 0.685. The van der Waals surface area contributed by atoms with Gasteiger partial charge in [-0.3, -0.25) is 9.59 Å². The molecule has 7 unspecified atom stereocenters. The number of carbonyl (C=O) groups is 3. The van der Waals surface area contributed by atoms with Crippen LogP contribution < -0.4 is 0 Å². The van der Waals surface area contributed by atoms with Gasteiger partial charge in [0.25, 0.3) is 0 Å². The van der Waals surface area contributed by atoms with Crippen LogP contribution in [0.25, 0.3) is 0 Å². The van der Waals surface area contributed by atoms with Gasteiger partial charge in [0, 0.05) is 16.7 Å². The first-order valence-corrected chi connectivity index (χ1v) is 9.37. The Kier molecular flexibility index (Phi) is 3.23. The van der Waals surface area contributed by atoms with E-state index in [1.165, 1.54) is 12.2 Å². The molecule has 27 heavy (non-hydrogen) atoms. The number of rotatable bonds is 1. The highest BCUT2D eigenvalue weighted by Crippen LogP contribution is 2.68. The number of aliphatic hydroxyl groups excluding tert-OH is 1. The topological polar surface area (TPSA) is 99.1 Å². The van der Waals surface area contributed by atoms with Crippen LogP contribution in [-0.2, 0) is 28.6 Å². The molecule has 3 aliphatic heterocycles. The van der Waals surface area contributed by atoms with E-state index < -0.39 is 46.6 Å². The lowest BCUT2D eigenvalue weighted by Crippen LogP contribution is -2.61. The zero-order valence-corrected chi connectivity index (χ0v) is 15.3. The highest BCUT2D eigenvalue weighted by Gasteiger charge is 2.72. The summed E-state index contributed by atoms with van der Waals surface area (Å²) in [4.78, 5) is 37.4. The monoisotopic (exact) mass is 374 g/mol. The summed E-state index contributed by atoms with van der Waals surface area (Å²) in [7, 11) is 0. The van der Waals surface area contributed by atoms with Crippen LogP contribution in [0.5, 0.6) is 0 Å². The van der Waals surface area contributed by atoms with E-state index in [4.69, 9.17) is 14.2 Å². The predicted octanol–water partition coefficient (Wildman–Crippen LogP) is 1.05. The Morgan fingerprint density at radius 1 is 1.19 bits per heavy atom. The number of ketones is 1. The van der Waals surface area contributed by atoms with Gasteiger partial charge in [-0.2, -0.15) is 0 Å². The van der Waals surface area contributed by atoms with Gasteiger partial charge in [0.2, 0.25) is 6.29 Å². The first-order valence-electron chi connectivity index (χ1n) is 9.37. The SMILES string of the molecule is CC12CCC34COC(=O)C3C=CC(=O)C4C1(C)CC(C1=CC(O)OC1=O)O2. The molecule has 0 aromatic carbocycles. The van der Waals surface area contributed by atoms with E-state index in [1.807, 2.05) is 13.8 Å². The maximum atomic E-state index is 13.1. The van der Waals surface area contributed by atoms with Crippen molar-refractivity contribution >= 4 is 17.7 Å². The van der Waals surface area contributed by atoms with E-state index >= 15 is 0 Å². The second kappa shape index (κ2) is 5.08. The minimum atomic E-state index is -1.25. The Morgan fingerprint density at radius 3 is 2.67 bits per heavy atom. The van der Waals surface area contributed by atoms with Crippen LogP contribution in [0.4, 0.5) is 0 Å². The normalized spacial score (nSPS) is 50.6. The van der Waals surface area contributed by atoms with Crippen molar-refractivity contribution in [2.75, 3.05) is 6.61 Å². The molecule has 0 aromatic heterocycles. The molecule has 7 nitrogen and oxygen atoms in total. The second-order valence-electron chi connectivity index (χ2n) is 8.89. The Labute approximate surface area is 156 Å². The maximum absolute atomic E-state index is 13.1. The third-order valence-electron chi connectivity index (χ3n) is 7.73. The van der Waals surface area contributed by atoms with Crippen molar-refractivity contribution < 1.29 is 33.7 Å². The summed E-state index contributed by atoms with van der Waals surface area (Å²) in [6.45, 7) is 4.25. The molecule has 2 saturated heterocycles. The van der Waals surface area contributed by atoms with Gasteiger partial charge in [-0.25, -0.2) is 4.79 Å². The maximum Gasteiger partial charge on any atom is 0.339 e. The minimum Gasteiger partial charge on any atom is -0.465 e. The number of hydrogen-bond acceptors (Lipinski definition) is 7. The number of esters is 2. The minimum absolute atomic E-state index is 0.00904. The summed E-state index contributed by atoms with van der Waals surface area (Å²) in [5.41, 5.74) is -1.43. The summed E-state index contributed by atoms with van der Waals surface area (Å²) in [6.07, 6.45) is 4.54. The average molecular weight is 374 g/mol. The molecule has 1 saturated carbocycles. The largest absolute Gasteiger partial charge is 0.465 e. The number of aliphatic hydroxyl groups is 1. The standard InChI is InChI=1S/C20H22O7/c1-18-8-13(10-7-14(22)26-16(10)23)27-19(18,2)5-6-20-9-25-17(24)11(20)3-4-12(21)15(18)20/h3-4,7,11,13-15,22H,5-6,8-9H2,1-2H3. The zero-order chi connectivity index (χ0) is 19.2. The molecule has 0 aromatic rings. The lowest BCUT2D eigenvalue weighted by Gasteiger charge is -2.57. The van der Waals surface area contributed by atoms with Crippen LogP contribution in [0.1, 0.15) is 33.1 Å². The lowest BCUT2D eigenvalue weighted by molar-refractivity contribution is -0.171. The smallest absolute Gasteiger partial charge is 0.339 e. The number of fused-ring (bicyclic) bond motifs is 2. The Balaban J connectivity index is 1.58. The summed E-state index contributed by atoms with van der Waals surface area (Å²) in [6, 6.07) is 0. The van der Waals surface area contributed by atoms with E-state index in [0.29, 0.717) is 24.8 Å². The van der Waals surface area contributed by atoms with E-state index in [0.717, 1.165) is 0 Å². The van der Waals surface area contributed by atoms with Crippen molar-refractivity contribution in [3.63, 3.8) is 0 Å². The van der Waals surface area contributed by atoms with Crippen molar-refractivity contribution in [3.05, 3.63) is 23.8 Å². The fourth-order valence-electron chi connectivity index (χ4n) is 6.22. The van der Waals surface area contributed by atoms with Crippen LogP contribution in [-0.4, -0.2) is 47.4 Å². The molecule has 1 spiro atoms. The molecule has 2 aliphatic carbocycles. The Bertz CT molecular complexity index is 828. The Hall–Kier alpha value is -1.99. The van der Waals surface area contributed by atoms with E-state index in [9.17, 15) is 19.5 Å². The summed E-state index contributed by atoms with van der Waals surface area (Å²) in [5, 5.41) is 9.61. The second-order valence-corrected chi connectivity index (χ2v) is 8.89. The fraction of sp³-hybridized carbons (Fsp3) is 0.650. The van der Waals surface area contributed by atoms with Gasteiger partial charge in [-0.15, -0.1) is 0 Å². The number of ether oxygens (including phenoxy) is 3. The fourth-order valence-corrected chi connectivity index (χ4v) is 6.22. The number of hydrogen-bond donors (Lipinski definition) is 1. The molecule has 3 heterocycles. The van der Waals surface area contributed by atoms with E-state index in [-0.39, 0.29) is 18.4 Å². The molecule has 7 atom stereocenters. The first-order chi connectivity index (χ1) is 12.7. The van der Waals surface area contributed by atoms with Gasteiger partial charge in [0.05, 0.1) is 29.8 Å². The molecule has 0 radical (unpaired) electrons. The summed E-state index contributed by atoms with van der Waals surface area (Å²) >= 11 is 0. The summed E-state index contributed by atoms with van der Waals surface area (Å²) in [5.74, 6) is -1.68. The van der Waals surface area contributed by atoms with Crippen LogP contribution in [0.15, 0.2) is 23.8 Å². The highest BCUT2D eigenvalue weighted by molar-refractivity contribution is 5.97. The van der Waals surface area contributed by atoms with Gasteiger partial charge in [0.15, 0.2) is 5.78 Å². The first kappa shape index (κ1) is 17.1. The summed E-state index contributed by atoms with van der Waals surface area (Å²) < 4.78 is 16.6. The molecule has 3 fully saturated rings. The third-order valence-corrected chi connectivity index (χ3v) is 7.73. The van der Waals surface area contributed by atoms with Gasteiger partial charge >= 0.3 is 11.9 Å². The number of cyclic esters (lactones) is 2. The van der Waals surface area contributed by atoms with E-state index in [2.05, 4.69) is 0 Å². The van der Waals surface area contributed by atoms with Crippen molar-refractivity contribution in [2.45, 2.75) is 51.1 Å². The molecule has 1 N–H and O–H groups in total. The molecular formula is C20H22O7. The van der Waals surface area contributed by atoms with Gasteiger partial charge in [-0.05, 0) is 38.3 Å². The van der Waals surface area contributed by atoms with Crippen LogP contribution in [0.2, 0.25) is 0 Å². The molecule has 144 valence electrons. The molecule has 5 rings (SSSR count). The van der Waals surface area contributed by atoms with Gasteiger partial charge in [0.1, 0.15) is 0 Å². The zero-order valence-electron chi connectivity index (χ0n) is 15.3. The van der Waals surface area contributed by atoms with Crippen LogP contribution >= 0.6 is 0 Å². The van der Waals surface area contributed by atoms with Crippen LogP contribution in [0.3, 0.4) is 0 Å². The van der Waals surface area contributed by atoms with Crippen LogP contribution in [0, 0.1) is 22.7 Å². The van der Waals surface area contributed by atoms with E-state index in [1.54, 1.807) is 6.08 Å². The average Bonchev–Trinajstić information content (AvgIpc) is 3.19. The van der Waals surface area contributed by atoms with Gasteiger partial charge < -0.3 is 19.3 Å². The van der Waals surface area contributed by atoms with Gasteiger partial charge in [-0.1, -0.05) is 13.0 Å². The van der Waals surface area contributed by atoms with Crippen molar-refractivity contribution in [1.82, 2.24) is 0 Å². The predicted molar refractivity (Wildman–Crippen MR) is 89.9 cm³/mol. The van der Waals surface area contributed by atoms with Crippen molar-refractivity contribution in [2.24, 2.45) is 22.7 Å². The third kappa shape index (κ3) is 1.96. The molecule has 0 amide bonds. The molecule has 5 aliphatic rings. The number of carbonyl (C=O) groups excluding carboxylic acids is 3. The molecule has 0 bridgehead atoms. The van der Waals surface area contributed by atoms with Crippen molar-refractivity contribution in [1.29, 1.82) is 0 Å². The molecular weight excluding hydrogens is 352 g/mol. The number of allylic oxidation sites excluding steroid dienone is 1. The highest BCUT2D eigenvalue weighted by atomic mass is 16.6. The van der Waals surface area contributed by atoms with Crippen molar-refractivity contribution in [3.8, 4) is 0 Å². The Morgan fingerprint density at radius 2 is 1.96 bits per heavy atom. The molecule has 7 heteroatoms. The lowest BCUT2D eigenvalue weighted by atomic mass is 9.45.